The maximum absolute atomic E-state index is 13.0. The Morgan fingerprint density at radius 1 is 1.30 bits per heavy atom. The Kier molecular flexibility index (Phi) is 6.86. The van der Waals surface area contributed by atoms with Crippen molar-refractivity contribution in [1.29, 1.82) is 0 Å². The molecule has 1 aromatic rings. The minimum atomic E-state index is -4.25. The number of hydrogen-bond acceptors (Lipinski definition) is 3. The molecule has 150 valence electrons. The van der Waals surface area contributed by atoms with Crippen LogP contribution in [0.1, 0.15) is 25.3 Å². The molecule has 5 nitrogen and oxygen atoms in total. The molecule has 1 aliphatic rings. The summed E-state index contributed by atoms with van der Waals surface area (Å²) in [6.45, 7) is 3.63. The highest BCUT2D eigenvalue weighted by atomic mass is 19.4. The molecule has 8 heteroatoms. The minimum Gasteiger partial charge on any atom is -0.335 e. The fourth-order valence-corrected chi connectivity index (χ4v) is 3.23. The highest BCUT2D eigenvalue weighted by Gasteiger charge is 2.43. The zero-order valence-electron chi connectivity index (χ0n) is 15.8. The molecule has 0 radical (unpaired) electrons. The van der Waals surface area contributed by atoms with Crippen LogP contribution in [0.15, 0.2) is 24.3 Å². The summed E-state index contributed by atoms with van der Waals surface area (Å²) in [4.78, 5) is 27.5. The van der Waals surface area contributed by atoms with E-state index >= 15 is 0 Å². The Morgan fingerprint density at radius 2 is 1.93 bits per heavy atom. The van der Waals surface area contributed by atoms with Crippen molar-refractivity contribution in [3.05, 3.63) is 29.8 Å². The zero-order valence-corrected chi connectivity index (χ0v) is 15.8. The van der Waals surface area contributed by atoms with Crippen LogP contribution in [-0.2, 0) is 9.59 Å². The van der Waals surface area contributed by atoms with Crippen LogP contribution in [0.5, 0.6) is 0 Å². The van der Waals surface area contributed by atoms with Gasteiger partial charge in [0.1, 0.15) is 0 Å². The van der Waals surface area contributed by atoms with Crippen LogP contribution < -0.4 is 5.32 Å². The summed E-state index contributed by atoms with van der Waals surface area (Å²) in [6, 6.07) is 6.55. The van der Waals surface area contributed by atoms with E-state index in [1.165, 1.54) is 11.9 Å². The van der Waals surface area contributed by atoms with Gasteiger partial charge in [-0.05, 0) is 45.4 Å². The first-order chi connectivity index (χ1) is 12.6. The van der Waals surface area contributed by atoms with E-state index in [1.54, 1.807) is 24.0 Å². The van der Waals surface area contributed by atoms with Crippen molar-refractivity contribution in [2.45, 2.75) is 38.9 Å². The van der Waals surface area contributed by atoms with E-state index in [-0.39, 0.29) is 31.3 Å². The van der Waals surface area contributed by atoms with Crippen molar-refractivity contribution in [2.24, 2.45) is 5.92 Å². The van der Waals surface area contributed by atoms with Crippen LogP contribution in [0.25, 0.3) is 0 Å². The first-order valence-electron chi connectivity index (χ1n) is 9.00. The van der Waals surface area contributed by atoms with E-state index in [1.807, 2.05) is 19.1 Å². The summed E-state index contributed by atoms with van der Waals surface area (Å²) in [5, 5.41) is 2.71. The van der Waals surface area contributed by atoms with Gasteiger partial charge in [-0.2, -0.15) is 13.2 Å². The van der Waals surface area contributed by atoms with Crippen molar-refractivity contribution in [2.75, 3.05) is 32.0 Å². The molecule has 0 aliphatic carbocycles. The van der Waals surface area contributed by atoms with Gasteiger partial charge in [0.15, 0.2) is 0 Å². The van der Waals surface area contributed by atoms with Gasteiger partial charge in [0.05, 0.1) is 18.5 Å². The monoisotopic (exact) mass is 385 g/mol. The second-order valence-corrected chi connectivity index (χ2v) is 7.16. The molecule has 1 saturated heterocycles. The van der Waals surface area contributed by atoms with Crippen LogP contribution in [-0.4, -0.2) is 60.5 Å². The Bertz CT molecular complexity index is 661. The number of likely N-dealkylation sites (tertiary alicyclic amines) is 1. The summed E-state index contributed by atoms with van der Waals surface area (Å²) in [6.07, 6.45) is -3.75. The number of nitrogens with one attached hydrogen (secondary N) is 1. The van der Waals surface area contributed by atoms with Crippen LogP contribution in [0.2, 0.25) is 0 Å². The first-order valence-corrected chi connectivity index (χ1v) is 9.00. The fourth-order valence-electron chi connectivity index (χ4n) is 3.23. The summed E-state index contributed by atoms with van der Waals surface area (Å²) in [7, 11) is 1.48. The lowest BCUT2D eigenvalue weighted by molar-refractivity contribution is -0.189. The number of piperidine rings is 1. The number of nitrogens with zero attached hydrogens (tertiary/aromatic N) is 2. The molecule has 0 bridgehead atoms. The number of carbonyl (C=O) groups is 2. The van der Waals surface area contributed by atoms with Gasteiger partial charge in [-0.3, -0.25) is 14.5 Å². The number of aryl methyl sites for hydroxylation is 1. The number of amides is 2. The molecule has 2 amide bonds. The topological polar surface area (TPSA) is 52.7 Å². The maximum Gasteiger partial charge on any atom is 0.393 e. The minimum absolute atomic E-state index is 0.0930. The molecule has 0 spiro atoms. The van der Waals surface area contributed by atoms with Crippen molar-refractivity contribution < 1.29 is 22.8 Å². The molecule has 2 atom stereocenters. The Balaban J connectivity index is 1.89. The second kappa shape index (κ2) is 8.73. The Labute approximate surface area is 157 Å². The number of carbonyl (C=O) groups excluding carboxylic acids is 2. The van der Waals surface area contributed by atoms with Crippen molar-refractivity contribution in [3.8, 4) is 0 Å². The lowest BCUT2D eigenvalue weighted by atomic mass is 9.96. The lowest BCUT2D eigenvalue weighted by Crippen LogP contribution is -2.52. The number of hydrogen-bond donors (Lipinski definition) is 1. The third kappa shape index (κ3) is 5.95. The van der Waals surface area contributed by atoms with Gasteiger partial charge in [-0.1, -0.05) is 17.7 Å². The van der Waals surface area contributed by atoms with E-state index < -0.39 is 18.1 Å². The third-order valence-corrected chi connectivity index (χ3v) is 4.91. The molecular weight excluding hydrogens is 359 g/mol. The highest BCUT2D eigenvalue weighted by molar-refractivity contribution is 5.95. The van der Waals surface area contributed by atoms with Gasteiger partial charge in [0.25, 0.3) is 0 Å². The molecule has 1 aromatic carbocycles. The van der Waals surface area contributed by atoms with E-state index in [2.05, 4.69) is 5.32 Å². The van der Waals surface area contributed by atoms with E-state index in [9.17, 15) is 22.8 Å². The SMILES string of the molecule is Cc1ccc(NC(=O)CN(C)C(=O)[C@@H](C)N2CCC[C@H](C(F)(F)F)C2)cc1. The summed E-state index contributed by atoms with van der Waals surface area (Å²) in [5.74, 6) is -2.12. The quantitative estimate of drug-likeness (QED) is 0.848. The van der Waals surface area contributed by atoms with Gasteiger partial charge in [-0.15, -0.1) is 0 Å². The molecule has 1 aliphatic heterocycles. The summed E-state index contributed by atoms with van der Waals surface area (Å²) < 4.78 is 38.9. The van der Waals surface area contributed by atoms with Gasteiger partial charge in [0.2, 0.25) is 11.8 Å². The number of likely N-dealkylation sites (N-methyl/N-ethyl adjacent to an activating group) is 1. The Morgan fingerprint density at radius 3 is 2.52 bits per heavy atom. The van der Waals surface area contributed by atoms with Gasteiger partial charge < -0.3 is 10.2 Å². The highest BCUT2D eigenvalue weighted by Crippen LogP contribution is 2.33. The van der Waals surface area contributed by atoms with E-state index in [4.69, 9.17) is 0 Å². The lowest BCUT2D eigenvalue weighted by Gasteiger charge is -2.37. The normalized spacial score (nSPS) is 19.4. The average molecular weight is 385 g/mol. The molecule has 27 heavy (non-hydrogen) atoms. The molecule has 0 unspecified atom stereocenters. The summed E-state index contributed by atoms with van der Waals surface area (Å²) in [5.41, 5.74) is 1.69. The predicted octanol–water partition coefficient (Wildman–Crippen LogP) is 3.05. The zero-order chi connectivity index (χ0) is 20.2. The smallest absolute Gasteiger partial charge is 0.335 e. The maximum atomic E-state index is 13.0. The standard InChI is InChI=1S/C19H26F3N3O2/c1-13-6-8-16(9-7-13)23-17(26)12-24(3)18(27)14(2)25-10-4-5-15(11-25)19(20,21)22/h6-9,14-15H,4-5,10-12H2,1-3H3,(H,23,26)/t14-,15+/m1/s1. The molecule has 0 saturated carbocycles. The number of rotatable bonds is 5. The molecule has 1 fully saturated rings. The van der Waals surface area contributed by atoms with Crippen LogP contribution in [0.3, 0.4) is 0 Å². The van der Waals surface area contributed by atoms with Crippen LogP contribution in [0.4, 0.5) is 18.9 Å². The number of benzene rings is 1. The van der Waals surface area contributed by atoms with Gasteiger partial charge in [-0.25, -0.2) is 0 Å². The van der Waals surface area contributed by atoms with Crippen LogP contribution in [0, 0.1) is 12.8 Å². The van der Waals surface area contributed by atoms with Crippen molar-refractivity contribution >= 4 is 17.5 Å². The molecular formula is C19H26F3N3O2. The third-order valence-electron chi connectivity index (χ3n) is 4.91. The van der Waals surface area contributed by atoms with E-state index in [0.717, 1.165) is 5.56 Å². The average Bonchev–Trinajstić information content (AvgIpc) is 2.61. The first kappa shape index (κ1) is 21.2. The largest absolute Gasteiger partial charge is 0.393 e. The molecule has 1 N–H and O–H groups in total. The second-order valence-electron chi connectivity index (χ2n) is 7.16. The van der Waals surface area contributed by atoms with Crippen molar-refractivity contribution in [3.63, 3.8) is 0 Å². The van der Waals surface area contributed by atoms with E-state index in [0.29, 0.717) is 18.7 Å². The fraction of sp³-hybridized carbons (Fsp3) is 0.579. The van der Waals surface area contributed by atoms with Gasteiger partial charge >= 0.3 is 6.18 Å². The van der Waals surface area contributed by atoms with Crippen LogP contribution >= 0.6 is 0 Å². The summed E-state index contributed by atoms with van der Waals surface area (Å²) >= 11 is 0. The number of anilines is 1. The van der Waals surface area contributed by atoms with Gasteiger partial charge in [0, 0.05) is 19.3 Å². The molecule has 2 rings (SSSR count). The molecule has 0 aromatic heterocycles. The predicted molar refractivity (Wildman–Crippen MR) is 97.3 cm³/mol. The number of alkyl halides is 3. The molecule has 1 heterocycles. The van der Waals surface area contributed by atoms with Crippen molar-refractivity contribution in [1.82, 2.24) is 9.80 Å². The number of halogens is 3. The Hall–Kier alpha value is -2.09.